The second-order valence-corrected chi connectivity index (χ2v) is 15.6. The normalized spacial score (nSPS) is 11.6. The van der Waals surface area contributed by atoms with E-state index < -0.39 is 58.2 Å². The van der Waals surface area contributed by atoms with Gasteiger partial charge < -0.3 is 10.2 Å². The summed E-state index contributed by atoms with van der Waals surface area (Å²) in [6.07, 6.45) is 0. The molecule has 6 aromatic rings. The number of quaternary nitrogens is 1. The maximum absolute atomic E-state index is 12.7. The maximum Gasteiger partial charge on any atom is 3.00 e. The molecule has 0 bridgehead atoms. The van der Waals surface area contributed by atoms with Crippen LogP contribution in [-0.2, 0) is 37.4 Å². The number of nitrogens with zero attached hydrogens (tertiary/aromatic N) is 8. The van der Waals surface area contributed by atoms with Gasteiger partial charge in [-0.25, -0.2) is 28.1 Å². The van der Waals surface area contributed by atoms with Crippen LogP contribution >= 0.6 is 0 Å². The van der Waals surface area contributed by atoms with E-state index in [-0.39, 0.29) is 72.7 Å². The zero-order chi connectivity index (χ0) is 43.6. The van der Waals surface area contributed by atoms with Gasteiger partial charge in [0, 0.05) is 23.9 Å². The van der Waals surface area contributed by atoms with Crippen molar-refractivity contribution in [3.63, 3.8) is 0 Å². The average Bonchev–Trinajstić information content (AvgIpc) is 3.62. The molecule has 0 amide bonds. The number of hydrogen-bond acceptors (Lipinski definition) is 16. The van der Waals surface area contributed by atoms with E-state index in [0.29, 0.717) is 11.3 Å². The van der Waals surface area contributed by atoms with Crippen molar-refractivity contribution >= 4 is 54.2 Å². The minimum Gasteiger partial charge on any atom is -0.871 e. The number of nitrogens with two attached hydrogens (primary N) is 1. The van der Waals surface area contributed by atoms with Gasteiger partial charge >= 0.3 is 27.4 Å². The molecule has 27 heteroatoms. The van der Waals surface area contributed by atoms with E-state index in [1.54, 1.807) is 6.92 Å². The number of hydrogen-bond donors (Lipinski definition) is 4. The molecule has 2 heterocycles. The molecule has 6 rings (SSSR count). The largest absolute Gasteiger partial charge is 3.00 e. The summed E-state index contributed by atoms with van der Waals surface area (Å²) >= 11 is 0. The zero-order valence-corrected chi connectivity index (χ0v) is 33.9. The first-order chi connectivity index (χ1) is 27.6. The minimum atomic E-state index is -3.97. The third-order valence-electron chi connectivity index (χ3n) is 7.98. The molecule has 2 aromatic heterocycles. The van der Waals surface area contributed by atoms with Gasteiger partial charge in [0.1, 0.15) is 4.90 Å². The molecular formula is C33H29CrN12O12S2+2. The quantitative estimate of drug-likeness (QED) is 0.0876. The van der Waals surface area contributed by atoms with E-state index in [9.17, 15) is 56.9 Å². The maximum atomic E-state index is 12.7. The van der Waals surface area contributed by atoms with Gasteiger partial charge in [0.25, 0.3) is 22.5 Å². The van der Waals surface area contributed by atoms with Gasteiger partial charge in [0.2, 0.25) is 10.0 Å². The molecule has 4 aromatic carbocycles. The summed E-state index contributed by atoms with van der Waals surface area (Å²) in [6.45, 7) is 4.61. The fourth-order valence-electron chi connectivity index (χ4n) is 5.14. The van der Waals surface area contributed by atoms with Crippen LogP contribution in [0.5, 0.6) is 11.5 Å². The van der Waals surface area contributed by atoms with Gasteiger partial charge in [-0.2, -0.15) is 18.6 Å². The van der Waals surface area contributed by atoms with Crippen LogP contribution in [0.15, 0.2) is 119 Å². The third-order valence-corrected chi connectivity index (χ3v) is 9.86. The van der Waals surface area contributed by atoms with Crippen LogP contribution in [0.25, 0.3) is 11.4 Å². The molecule has 0 aliphatic heterocycles. The smallest absolute Gasteiger partial charge is 0.871 e. The number of azo groups is 2. The number of H-pyrrole nitrogens is 2. The first-order valence-electron chi connectivity index (χ1n) is 16.3. The predicted octanol–water partition coefficient (Wildman–Crippen LogP) is 2.63. The van der Waals surface area contributed by atoms with Crippen molar-refractivity contribution in [2.24, 2.45) is 25.6 Å². The standard InChI is InChI=1S/C17H16N6O6S.C16H14N6O6S.Cr/c1-9-6-13(16(24)14(7-9)23(26)27)19-20-15-10(2)21-22(17(15)25)11-4-3-5-12(8-11)30(18,28)29;1-9-15(19-18-13-8-11(22(25)26)5-6-14(13)23)16(24)21(20-9)10-3-2-4-12(7-10)29(17,27)28;/h3-8,21,24H,1-2H3,(H2,18,28,29);2-8,20,23H,1H3,(H2,17,27,28);/q;;+3/p-1. The summed E-state index contributed by atoms with van der Waals surface area (Å²) < 4.78 is 48.4. The van der Waals surface area contributed by atoms with Gasteiger partial charge in [-0.15, -0.1) is 10.2 Å². The van der Waals surface area contributed by atoms with E-state index in [2.05, 4.69) is 35.8 Å². The van der Waals surface area contributed by atoms with Crippen LogP contribution in [0.2, 0.25) is 0 Å². The van der Waals surface area contributed by atoms with E-state index in [1.807, 2.05) is 0 Å². The molecule has 0 spiro atoms. The van der Waals surface area contributed by atoms with Crippen LogP contribution in [0, 0.1) is 41.0 Å². The van der Waals surface area contributed by atoms with Gasteiger partial charge in [0.05, 0.1) is 48.9 Å². The predicted molar refractivity (Wildman–Crippen MR) is 202 cm³/mol. The van der Waals surface area contributed by atoms with E-state index in [1.165, 1.54) is 68.4 Å². The topological polar surface area (TPSA) is 379 Å². The van der Waals surface area contributed by atoms with Gasteiger partial charge in [-0.1, -0.05) is 23.9 Å². The fourth-order valence-corrected chi connectivity index (χ4v) is 6.28. The Bertz CT molecular complexity index is 3080. The summed E-state index contributed by atoms with van der Waals surface area (Å²) in [6, 6.07) is 16.3. The van der Waals surface area contributed by atoms with Crippen molar-refractivity contribution in [3.8, 4) is 22.9 Å². The monoisotopic (exact) mass is 901 g/mol. The van der Waals surface area contributed by atoms with Gasteiger partial charge in [0.15, 0.2) is 11.4 Å². The molecule has 0 aliphatic carbocycles. The molecule has 0 fully saturated rings. The van der Waals surface area contributed by atoms with Crippen LogP contribution in [0.3, 0.4) is 0 Å². The molecule has 0 aliphatic rings. The molecule has 60 heavy (non-hydrogen) atoms. The Labute approximate surface area is 347 Å². The van der Waals surface area contributed by atoms with Crippen LogP contribution in [0.4, 0.5) is 34.1 Å². The Morgan fingerprint density at radius 2 is 1.18 bits per heavy atom. The first-order valence-corrected chi connectivity index (χ1v) is 19.5. The number of aryl methyl sites for hydroxylation is 3. The Morgan fingerprint density at radius 1 is 0.683 bits per heavy atom. The molecule has 0 unspecified atom stereocenters. The Morgan fingerprint density at radius 3 is 1.67 bits per heavy atom. The molecule has 309 valence electrons. The Kier molecular flexibility index (Phi) is 13.5. The molecular weight excluding hydrogens is 873 g/mol. The molecule has 24 nitrogen and oxygen atoms in total. The fraction of sp³-hybridized carbons (Fsp3) is 0.0909. The number of nitro groups is 2. The number of non-ortho nitro benzene ring substituents is 1. The number of benzene rings is 4. The zero-order valence-electron chi connectivity index (χ0n) is 31.0. The average molecular weight is 902 g/mol. The SMILES string of the molecule is Cc1[nH]n(-c2cccc(S(N)(=O)=O)c2)c(=O)c1N=Nc1cc([N+](=O)[O-])ccc1[O-].Cc1cc(N=Nc2c(C)[nH]n(-c3cccc(S([NH3+])(=O)=O)c3)c2=O)c([O-])c([N+](=O)[O-])c1.[Cr+3]. The number of sulfonamides is 2. The first kappa shape index (κ1) is 45.6. The van der Waals surface area contributed by atoms with Crippen molar-refractivity contribution in [2.75, 3.05) is 0 Å². The van der Waals surface area contributed by atoms with Crippen LogP contribution in [-0.4, -0.2) is 46.2 Å². The van der Waals surface area contributed by atoms with Crippen LogP contribution in [0.1, 0.15) is 17.0 Å². The Balaban J connectivity index is 0.000000260. The minimum absolute atomic E-state index is 0. The summed E-state index contributed by atoms with van der Waals surface area (Å²) in [5.41, 5.74) is -1.77. The summed E-state index contributed by atoms with van der Waals surface area (Å²) in [5.74, 6) is -1.52. The Hall–Kier alpha value is -7.15. The number of aromatic amines is 2. The second-order valence-electron chi connectivity index (χ2n) is 12.3. The van der Waals surface area contributed by atoms with Crippen molar-refractivity contribution in [2.45, 2.75) is 30.6 Å². The third kappa shape index (κ3) is 10.1. The van der Waals surface area contributed by atoms with Gasteiger partial charge in [-0.3, -0.25) is 40.0 Å². The van der Waals surface area contributed by atoms with E-state index in [4.69, 9.17) is 5.14 Å². The van der Waals surface area contributed by atoms with Crippen molar-refractivity contribution in [3.05, 3.63) is 137 Å². The van der Waals surface area contributed by atoms with E-state index in [0.717, 1.165) is 33.6 Å². The summed E-state index contributed by atoms with van der Waals surface area (Å²) in [4.78, 5) is 45.4. The summed E-state index contributed by atoms with van der Waals surface area (Å²) in [5, 5.41) is 74.4. The number of aromatic nitrogens is 4. The molecule has 0 saturated carbocycles. The van der Waals surface area contributed by atoms with Crippen LogP contribution < -0.4 is 31.6 Å². The number of rotatable bonds is 10. The molecule has 0 saturated heterocycles. The molecule has 7 N–H and O–H groups in total. The molecule has 1 radical (unpaired) electrons. The van der Waals surface area contributed by atoms with Gasteiger partial charge in [-0.05, 0) is 68.8 Å². The van der Waals surface area contributed by atoms with Crippen molar-refractivity contribution in [1.82, 2.24) is 19.6 Å². The number of nitrogens with one attached hydrogen (secondary N) is 2. The summed E-state index contributed by atoms with van der Waals surface area (Å²) in [7, 11) is -7.70. The second kappa shape index (κ2) is 17.8. The van der Waals surface area contributed by atoms with Crippen molar-refractivity contribution in [1.29, 1.82) is 0 Å². The number of nitro benzene ring substituents is 2. The van der Waals surface area contributed by atoms with E-state index >= 15 is 0 Å². The number of primary sulfonamides is 1. The van der Waals surface area contributed by atoms with Crippen molar-refractivity contribution < 1.29 is 59.4 Å². The molecule has 0 atom stereocenters.